The van der Waals surface area contributed by atoms with E-state index in [0.717, 1.165) is 12.8 Å². The van der Waals surface area contributed by atoms with Gasteiger partial charge in [-0.15, -0.1) is 0 Å². The standard InChI is InChI=1S/C14H18N2O5/c1-21-10-4-5-11(13(18)19)12(7-10)15-14(20)16-6-2-3-9(16)8-17/h4-5,7,9,17H,2-3,6,8H2,1H3,(H,15,20)(H,18,19). The number of carbonyl (C=O) groups is 2. The zero-order chi connectivity index (χ0) is 15.4. The first-order chi connectivity index (χ1) is 10.1. The molecule has 3 N–H and O–H groups in total. The summed E-state index contributed by atoms with van der Waals surface area (Å²) >= 11 is 0. The molecule has 0 saturated carbocycles. The zero-order valence-corrected chi connectivity index (χ0v) is 11.7. The van der Waals surface area contributed by atoms with Gasteiger partial charge in [0.1, 0.15) is 5.75 Å². The van der Waals surface area contributed by atoms with Crippen LogP contribution in [0.2, 0.25) is 0 Å². The Bertz CT molecular complexity index is 546. The Morgan fingerprint density at radius 3 is 2.86 bits per heavy atom. The number of amides is 2. The normalized spacial score (nSPS) is 17.6. The second-order valence-corrected chi connectivity index (χ2v) is 4.82. The molecule has 1 aliphatic rings. The van der Waals surface area contributed by atoms with Gasteiger partial charge in [0.05, 0.1) is 31.0 Å². The number of hydrogen-bond acceptors (Lipinski definition) is 4. The molecule has 1 aromatic rings. The largest absolute Gasteiger partial charge is 0.497 e. The Morgan fingerprint density at radius 2 is 2.24 bits per heavy atom. The number of hydrogen-bond donors (Lipinski definition) is 3. The van der Waals surface area contributed by atoms with E-state index in [1.807, 2.05) is 0 Å². The van der Waals surface area contributed by atoms with Crippen LogP contribution in [0.3, 0.4) is 0 Å². The molecule has 1 aliphatic heterocycles. The number of carboxylic acids is 1. The number of urea groups is 1. The Morgan fingerprint density at radius 1 is 1.48 bits per heavy atom. The smallest absolute Gasteiger partial charge is 0.337 e. The first-order valence-electron chi connectivity index (χ1n) is 6.66. The van der Waals surface area contributed by atoms with E-state index in [1.54, 1.807) is 0 Å². The fourth-order valence-electron chi connectivity index (χ4n) is 2.42. The van der Waals surface area contributed by atoms with Gasteiger partial charge in [-0.25, -0.2) is 9.59 Å². The van der Waals surface area contributed by atoms with Crippen LogP contribution < -0.4 is 10.1 Å². The predicted octanol–water partition coefficient (Wildman–Crippen LogP) is 1.38. The number of aliphatic hydroxyl groups is 1. The summed E-state index contributed by atoms with van der Waals surface area (Å²) in [4.78, 5) is 24.9. The van der Waals surface area contributed by atoms with Crippen molar-refractivity contribution in [1.82, 2.24) is 4.90 Å². The molecule has 114 valence electrons. The molecule has 1 fully saturated rings. The second kappa shape index (κ2) is 6.45. The Hall–Kier alpha value is -2.28. The summed E-state index contributed by atoms with van der Waals surface area (Å²) in [7, 11) is 1.46. The highest BCUT2D eigenvalue weighted by atomic mass is 16.5. The maximum absolute atomic E-state index is 12.2. The van der Waals surface area contributed by atoms with Gasteiger partial charge in [-0.1, -0.05) is 0 Å². The second-order valence-electron chi connectivity index (χ2n) is 4.82. The quantitative estimate of drug-likeness (QED) is 0.779. The van der Waals surface area contributed by atoms with Gasteiger partial charge < -0.3 is 25.2 Å². The molecule has 1 saturated heterocycles. The lowest BCUT2D eigenvalue weighted by Gasteiger charge is -2.23. The SMILES string of the molecule is COc1ccc(C(=O)O)c(NC(=O)N2CCCC2CO)c1. The molecule has 0 spiro atoms. The number of likely N-dealkylation sites (tertiary alicyclic amines) is 1. The summed E-state index contributed by atoms with van der Waals surface area (Å²) < 4.78 is 5.04. The minimum Gasteiger partial charge on any atom is -0.497 e. The summed E-state index contributed by atoms with van der Waals surface area (Å²) in [6.45, 7) is 0.445. The average molecular weight is 294 g/mol. The minimum atomic E-state index is -1.13. The van der Waals surface area contributed by atoms with Crippen LogP contribution in [0.15, 0.2) is 18.2 Å². The van der Waals surface area contributed by atoms with E-state index in [2.05, 4.69) is 5.32 Å². The van der Waals surface area contributed by atoms with Gasteiger partial charge >= 0.3 is 12.0 Å². The molecule has 7 heteroatoms. The average Bonchev–Trinajstić information content (AvgIpc) is 2.95. The van der Waals surface area contributed by atoms with Gasteiger partial charge in [0.2, 0.25) is 0 Å². The zero-order valence-electron chi connectivity index (χ0n) is 11.7. The summed E-state index contributed by atoms with van der Waals surface area (Å²) in [5.41, 5.74) is 0.166. The molecule has 1 aromatic carbocycles. The van der Waals surface area contributed by atoms with Gasteiger partial charge in [-0.2, -0.15) is 0 Å². The van der Waals surface area contributed by atoms with Crippen molar-refractivity contribution in [3.05, 3.63) is 23.8 Å². The topological polar surface area (TPSA) is 99.1 Å². The van der Waals surface area contributed by atoms with E-state index in [-0.39, 0.29) is 23.9 Å². The van der Waals surface area contributed by atoms with Gasteiger partial charge in [-0.05, 0) is 25.0 Å². The highest BCUT2D eigenvalue weighted by Gasteiger charge is 2.28. The third-order valence-corrected chi connectivity index (χ3v) is 3.55. The Labute approximate surface area is 122 Å². The lowest BCUT2D eigenvalue weighted by atomic mass is 10.1. The monoisotopic (exact) mass is 294 g/mol. The van der Waals surface area contributed by atoms with Crippen LogP contribution in [-0.4, -0.2) is 53.4 Å². The van der Waals surface area contributed by atoms with E-state index in [4.69, 9.17) is 9.84 Å². The number of nitrogens with one attached hydrogen (secondary N) is 1. The number of ether oxygens (including phenoxy) is 1. The van der Waals surface area contributed by atoms with Crippen LogP contribution in [0.25, 0.3) is 0 Å². The van der Waals surface area contributed by atoms with Gasteiger partial charge in [0, 0.05) is 12.6 Å². The number of aromatic carboxylic acids is 1. The van der Waals surface area contributed by atoms with Crippen molar-refractivity contribution in [2.75, 3.05) is 25.6 Å². The summed E-state index contributed by atoms with van der Waals surface area (Å²) in [5, 5.41) is 21.0. The van der Waals surface area contributed by atoms with Crippen molar-refractivity contribution < 1.29 is 24.5 Å². The molecule has 0 radical (unpaired) electrons. The Balaban J connectivity index is 2.21. The molecule has 0 bridgehead atoms. The number of carboxylic acid groups (broad SMARTS) is 1. The number of anilines is 1. The van der Waals surface area contributed by atoms with Crippen LogP contribution in [0.4, 0.5) is 10.5 Å². The molecule has 2 rings (SSSR count). The van der Waals surface area contributed by atoms with E-state index >= 15 is 0 Å². The maximum Gasteiger partial charge on any atom is 0.337 e. The molecule has 1 unspecified atom stereocenters. The third-order valence-electron chi connectivity index (χ3n) is 3.55. The third kappa shape index (κ3) is 3.25. The van der Waals surface area contributed by atoms with Crippen LogP contribution in [0, 0.1) is 0 Å². The summed E-state index contributed by atoms with van der Waals surface area (Å²) in [6, 6.07) is 3.73. The molecular formula is C14H18N2O5. The Kier molecular flexibility index (Phi) is 4.64. The molecule has 0 aromatic heterocycles. The van der Waals surface area contributed by atoms with E-state index < -0.39 is 12.0 Å². The molecule has 7 nitrogen and oxygen atoms in total. The van der Waals surface area contributed by atoms with Gasteiger partial charge in [-0.3, -0.25) is 0 Å². The molecule has 21 heavy (non-hydrogen) atoms. The van der Waals surface area contributed by atoms with Crippen LogP contribution >= 0.6 is 0 Å². The number of methoxy groups -OCH3 is 1. The minimum absolute atomic E-state index is 0.0103. The number of carbonyl (C=O) groups excluding carboxylic acids is 1. The van der Waals surface area contributed by atoms with Crippen molar-refractivity contribution in [3.8, 4) is 5.75 Å². The fraction of sp³-hybridized carbons (Fsp3) is 0.429. The number of aliphatic hydroxyl groups excluding tert-OH is 1. The van der Waals surface area contributed by atoms with Crippen molar-refractivity contribution in [3.63, 3.8) is 0 Å². The van der Waals surface area contributed by atoms with Gasteiger partial charge in [0.25, 0.3) is 0 Å². The van der Waals surface area contributed by atoms with Crippen LogP contribution in [0.5, 0.6) is 5.75 Å². The predicted molar refractivity (Wildman–Crippen MR) is 75.8 cm³/mol. The lowest BCUT2D eigenvalue weighted by molar-refractivity contribution is 0.0698. The summed E-state index contributed by atoms with van der Waals surface area (Å²) in [5.74, 6) is -0.677. The number of nitrogens with zero attached hydrogens (tertiary/aromatic N) is 1. The molecular weight excluding hydrogens is 276 g/mol. The molecule has 1 heterocycles. The van der Waals surface area contributed by atoms with E-state index in [1.165, 1.54) is 30.2 Å². The molecule has 0 aliphatic carbocycles. The van der Waals surface area contributed by atoms with Crippen molar-refractivity contribution in [1.29, 1.82) is 0 Å². The molecule has 1 atom stereocenters. The highest BCUT2D eigenvalue weighted by Crippen LogP contribution is 2.24. The first kappa shape index (κ1) is 15.1. The molecule has 2 amide bonds. The van der Waals surface area contributed by atoms with Gasteiger partial charge in [0.15, 0.2) is 0 Å². The maximum atomic E-state index is 12.2. The van der Waals surface area contributed by atoms with E-state index in [9.17, 15) is 14.7 Å². The number of benzene rings is 1. The first-order valence-corrected chi connectivity index (χ1v) is 6.66. The van der Waals surface area contributed by atoms with Crippen molar-refractivity contribution in [2.45, 2.75) is 18.9 Å². The number of rotatable bonds is 4. The van der Waals surface area contributed by atoms with Crippen molar-refractivity contribution in [2.24, 2.45) is 0 Å². The lowest BCUT2D eigenvalue weighted by Crippen LogP contribution is -2.40. The van der Waals surface area contributed by atoms with Crippen LogP contribution in [0.1, 0.15) is 23.2 Å². The van der Waals surface area contributed by atoms with E-state index in [0.29, 0.717) is 12.3 Å². The fourth-order valence-corrected chi connectivity index (χ4v) is 2.42. The van der Waals surface area contributed by atoms with Crippen LogP contribution in [-0.2, 0) is 0 Å². The highest BCUT2D eigenvalue weighted by molar-refractivity contribution is 6.00. The van der Waals surface area contributed by atoms with Crippen molar-refractivity contribution >= 4 is 17.7 Å². The summed E-state index contributed by atoms with van der Waals surface area (Å²) in [6.07, 6.45) is 1.57.